The minimum atomic E-state index is -0.900. The van der Waals surface area contributed by atoms with Gasteiger partial charge in [0.05, 0.1) is 39.4 Å². The Morgan fingerprint density at radius 1 is 0.429 bits per heavy atom. The fraction of sp³-hybridized carbons (Fsp3) is 0.855. The molecule has 0 unspecified atom stereocenters. The Morgan fingerprint density at radius 2 is 0.805 bits per heavy atom. The summed E-state index contributed by atoms with van der Waals surface area (Å²) in [5.74, 6) is -3.90. The lowest BCUT2D eigenvalue weighted by Crippen LogP contribution is -2.41. The summed E-state index contributed by atoms with van der Waals surface area (Å²) in [6.07, 6.45) is 29.4. The molecule has 1 rings (SSSR count). The Balaban J connectivity index is 3.23. The molecule has 1 aliphatic rings. The quantitative estimate of drug-likeness (QED) is 0.0243. The third kappa shape index (κ3) is 40.8. The van der Waals surface area contributed by atoms with Crippen molar-refractivity contribution in [1.82, 2.24) is 9.80 Å². The van der Waals surface area contributed by atoms with E-state index in [9.17, 15) is 33.6 Å². The highest BCUT2D eigenvalue weighted by Gasteiger charge is 2.30. The van der Waals surface area contributed by atoms with E-state index in [-0.39, 0.29) is 121 Å². The van der Waals surface area contributed by atoms with Crippen molar-refractivity contribution in [3.05, 3.63) is 12.2 Å². The summed E-state index contributed by atoms with van der Waals surface area (Å²) < 4.78 is 34.4. The average molecular weight is 1090 g/mol. The van der Waals surface area contributed by atoms with Gasteiger partial charge in [0, 0.05) is 69.4 Å². The molecule has 1 aliphatic heterocycles. The van der Waals surface area contributed by atoms with Crippen molar-refractivity contribution >= 4 is 41.7 Å². The Bertz CT molecular complexity index is 1420. The molecule has 15 nitrogen and oxygen atoms in total. The molecule has 0 N–H and O–H groups in total. The van der Waals surface area contributed by atoms with Crippen LogP contribution in [0.5, 0.6) is 0 Å². The zero-order chi connectivity index (χ0) is 56.6. The van der Waals surface area contributed by atoms with Crippen LogP contribution in [0, 0.1) is 17.8 Å². The third-order valence-corrected chi connectivity index (χ3v) is 14.0. The molecule has 1 amide bonds. The van der Waals surface area contributed by atoms with Crippen molar-refractivity contribution in [1.29, 1.82) is 0 Å². The number of Topliss-reactive ketones (excluding diaryl/α,β-unsaturated/α-hetero) is 1. The SMILES string of the molecule is CCCCCCCCC(=O)OCC(COC(=O)CCCCCCCC)CC(=O)C[C@@H]1C=C[C@H](OC(=O)CC(COC(=O)CCCCCCCC)COC(=O)CCCCCCCC)CN(C(=O)OCCN(CCC)CCC)C1. The summed E-state index contributed by atoms with van der Waals surface area (Å²) in [7, 11) is 0. The predicted molar refractivity (Wildman–Crippen MR) is 304 cm³/mol. The van der Waals surface area contributed by atoms with Gasteiger partial charge in [-0.1, -0.05) is 176 Å². The van der Waals surface area contributed by atoms with Gasteiger partial charge in [0.2, 0.25) is 0 Å². The van der Waals surface area contributed by atoms with Crippen molar-refractivity contribution in [2.45, 2.75) is 260 Å². The first-order chi connectivity index (χ1) is 37.4. The van der Waals surface area contributed by atoms with Gasteiger partial charge < -0.3 is 33.3 Å². The summed E-state index contributed by atoms with van der Waals surface area (Å²) >= 11 is 0. The van der Waals surface area contributed by atoms with Crippen molar-refractivity contribution in [3.63, 3.8) is 0 Å². The lowest BCUT2D eigenvalue weighted by atomic mass is 9.95. The van der Waals surface area contributed by atoms with E-state index in [1.54, 1.807) is 12.2 Å². The molecule has 1 heterocycles. The van der Waals surface area contributed by atoms with Crippen molar-refractivity contribution < 1.29 is 62.0 Å². The summed E-state index contributed by atoms with van der Waals surface area (Å²) in [6.45, 7) is 15.0. The van der Waals surface area contributed by atoms with Gasteiger partial charge in [0.1, 0.15) is 18.5 Å². The van der Waals surface area contributed by atoms with Crippen LogP contribution in [0.3, 0.4) is 0 Å². The number of carbonyl (C=O) groups excluding carboxylic acids is 7. The van der Waals surface area contributed by atoms with E-state index in [0.717, 1.165) is 154 Å². The topological polar surface area (TPSA) is 181 Å². The second-order valence-corrected chi connectivity index (χ2v) is 21.7. The molecule has 0 aliphatic carbocycles. The summed E-state index contributed by atoms with van der Waals surface area (Å²) in [5, 5.41) is 0. The third-order valence-electron chi connectivity index (χ3n) is 14.0. The number of rotatable bonds is 50. The van der Waals surface area contributed by atoms with Gasteiger partial charge in [-0.25, -0.2) is 4.79 Å². The van der Waals surface area contributed by atoms with Crippen LogP contribution < -0.4 is 0 Å². The highest BCUT2D eigenvalue weighted by molar-refractivity contribution is 5.79. The van der Waals surface area contributed by atoms with E-state index in [4.69, 9.17) is 28.4 Å². The van der Waals surface area contributed by atoms with Crippen molar-refractivity contribution in [3.8, 4) is 0 Å². The lowest BCUT2D eigenvalue weighted by Gasteiger charge is -2.27. The molecular weight excluding hydrogens is 981 g/mol. The molecule has 0 aromatic carbocycles. The molecule has 0 aromatic heterocycles. The first-order valence-corrected chi connectivity index (χ1v) is 31.0. The molecule has 2 atom stereocenters. The van der Waals surface area contributed by atoms with Gasteiger partial charge in [0.15, 0.2) is 0 Å². The second kappa shape index (κ2) is 49.1. The zero-order valence-electron chi connectivity index (χ0n) is 49.6. The van der Waals surface area contributed by atoms with E-state index in [2.05, 4.69) is 46.4 Å². The number of ether oxygens (including phenoxy) is 6. The summed E-state index contributed by atoms with van der Waals surface area (Å²) in [6, 6.07) is 0. The molecule has 0 spiro atoms. The van der Waals surface area contributed by atoms with Crippen LogP contribution in [0.15, 0.2) is 12.2 Å². The summed E-state index contributed by atoms with van der Waals surface area (Å²) in [4.78, 5) is 96.5. The van der Waals surface area contributed by atoms with Crippen LogP contribution >= 0.6 is 0 Å². The van der Waals surface area contributed by atoms with Gasteiger partial charge in [-0.05, 0) is 57.7 Å². The lowest BCUT2D eigenvalue weighted by molar-refractivity contribution is -0.156. The monoisotopic (exact) mass is 1090 g/mol. The van der Waals surface area contributed by atoms with E-state index in [1.165, 1.54) is 17.7 Å². The molecule has 0 bridgehead atoms. The molecule has 0 aromatic rings. The van der Waals surface area contributed by atoms with Crippen molar-refractivity contribution in [2.75, 3.05) is 65.8 Å². The van der Waals surface area contributed by atoms with Gasteiger partial charge in [0.25, 0.3) is 0 Å². The smallest absolute Gasteiger partial charge is 0.409 e. The summed E-state index contributed by atoms with van der Waals surface area (Å²) in [5.41, 5.74) is 0. The molecule has 15 heteroatoms. The van der Waals surface area contributed by atoms with Gasteiger partial charge in [-0.2, -0.15) is 0 Å². The number of hydrogen-bond acceptors (Lipinski definition) is 14. The van der Waals surface area contributed by atoms with Crippen LogP contribution in [-0.4, -0.2) is 123 Å². The van der Waals surface area contributed by atoms with Crippen LogP contribution in [0.2, 0.25) is 0 Å². The average Bonchev–Trinajstić information content (AvgIpc) is 3.61. The number of amides is 1. The van der Waals surface area contributed by atoms with E-state index in [0.29, 0.717) is 19.4 Å². The van der Waals surface area contributed by atoms with E-state index >= 15 is 0 Å². The number of unbranched alkanes of at least 4 members (excludes halogenated alkanes) is 20. The fourth-order valence-corrected chi connectivity index (χ4v) is 9.47. The van der Waals surface area contributed by atoms with Gasteiger partial charge in [-0.3, -0.25) is 33.7 Å². The van der Waals surface area contributed by atoms with Gasteiger partial charge in [-0.15, -0.1) is 0 Å². The standard InChI is InChI=1S/C62H110N2O13/c1-7-13-17-21-25-29-33-57(66)73-48-53(49-74-58(67)34-30-26-22-18-14-8-2)44-55(65)43-52-37-38-56(47-64(46-52)62(71)72-42-41-63(39-11-5)40-12-6)77-61(70)45-54(50-75-59(68)35-31-27-23-19-15-9-3)51-76-60(69)36-32-28-24-20-16-10-4/h37-38,52-54,56H,7-36,39-51H2,1-6H3/t52-,56-/m0/s1. The maximum Gasteiger partial charge on any atom is 0.409 e. The molecule has 0 saturated heterocycles. The van der Waals surface area contributed by atoms with Crippen LogP contribution in [0.4, 0.5) is 4.79 Å². The number of nitrogens with zero attached hydrogens (tertiary/aromatic N) is 2. The Kier molecular flexibility index (Phi) is 45.2. The second-order valence-electron chi connectivity index (χ2n) is 21.7. The number of ketones is 1. The van der Waals surface area contributed by atoms with Crippen molar-refractivity contribution in [2.24, 2.45) is 17.8 Å². The normalized spacial score (nSPS) is 14.4. The highest BCUT2D eigenvalue weighted by Crippen LogP contribution is 2.22. The Labute approximate surface area is 467 Å². The molecule has 0 radical (unpaired) electrons. The van der Waals surface area contributed by atoms with Crippen LogP contribution in [-0.2, 0) is 57.2 Å². The first-order valence-electron chi connectivity index (χ1n) is 31.0. The fourth-order valence-electron chi connectivity index (χ4n) is 9.47. The van der Waals surface area contributed by atoms with Crippen LogP contribution in [0.1, 0.15) is 253 Å². The highest BCUT2D eigenvalue weighted by atomic mass is 16.6. The first kappa shape index (κ1) is 71.0. The predicted octanol–water partition coefficient (Wildman–Crippen LogP) is 13.8. The largest absolute Gasteiger partial charge is 0.465 e. The molecule has 77 heavy (non-hydrogen) atoms. The minimum Gasteiger partial charge on any atom is -0.465 e. The molecular formula is C62H110N2O13. The van der Waals surface area contributed by atoms with Crippen LogP contribution in [0.25, 0.3) is 0 Å². The molecule has 0 saturated carbocycles. The maximum atomic E-state index is 14.0. The van der Waals surface area contributed by atoms with E-state index in [1.807, 2.05) is 0 Å². The number of carbonyl (C=O) groups is 7. The van der Waals surface area contributed by atoms with Gasteiger partial charge >= 0.3 is 35.9 Å². The zero-order valence-corrected chi connectivity index (χ0v) is 49.6. The number of hydrogen-bond donors (Lipinski definition) is 0. The number of esters is 5. The maximum absolute atomic E-state index is 14.0. The Morgan fingerprint density at radius 3 is 1.19 bits per heavy atom. The Hall–Kier alpha value is -4.01. The molecule has 446 valence electrons. The van der Waals surface area contributed by atoms with E-state index < -0.39 is 35.9 Å². The minimum absolute atomic E-state index is 0.0130. The molecule has 0 fully saturated rings.